The molecule has 1 aliphatic heterocycles. The molecule has 0 N–H and O–H groups in total. The highest BCUT2D eigenvalue weighted by molar-refractivity contribution is 6.08. The number of ether oxygens (including phenoxy) is 1. The Kier molecular flexibility index (Phi) is 3.36. The highest BCUT2D eigenvalue weighted by atomic mass is 16.5. The number of carbonyl (C=O) groups is 1. The molecule has 1 aromatic carbocycles. The van der Waals surface area contributed by atoms with Crippen LogP contribution in [-0.2, 0) is 9.53 Å². The molecule has 0 aliphatic carbocycles. The van der Waals surface area contributed by atoms with Gasteiger partial charge in [0, 0.05) is 7.05 Å². The largest absolute Gasteiger partial charge is 0.465 e. The van der Waals surface area contributed by atoms with Crippen molar-refractivity contribution in [3.8, 4) is 0 Å². The van der Waals surface area contributed by atoms with Crippen molar-refractivity contribution in [2.24, 2.45) is 5.10 Å². The van der Waals surface area contributed by atoms with Crippen LogP contribution in [0, 0.1) is 6.92 Å². The van der Waals surface area contributed by atoms with Gasteiger partial charge in [-0.25, -0.2) is 0 Å². The van der Waals surface area contributed by atoms with Crippen LogP contribution in [0.4, 0.5) is 5.69 Å². The van der Waals surface area contributed by atoms with Gasteiger partial charge in [-0.15, -0.1) is 0 Å². The summed E-state index contributed by atoms with van der Waals surface area (Å²) in [5.74, 6) is -0.603. The predicted molar refractivity (Wildman–Crippen MR) is 72.1 cm³/mol. The molecule has 96 valence electrons. The zero-order chi connectivity index (χ0) is 13.3. The van der Waals surface area contributed by atoms with Crippen molar-refractivity contribution in [1.82, 2.24) is 0 Å². The van der Waals surface area contributed by atoms with Crippen LogP contribution in [0.5, 0.6) is 0 Å². The quantitative estimate of drug-likeness (QED) is 0.753. The molecule has 1 atom stereocenters. The van der Waals surface area contributed by atoms with Gasteiger partial charge in [0.1, 0.15) is 5.92 Å². The van der Waals surface area contributed by atoms with E-state index in [0.717, 1.165) is 22.5 Å². The summed E-state index contributed by atoms with van der Waals surface area (Å²) in [5.41, 5.74) is 3.86. The molecule has 4 heteroatoms. The van der Waals surface area contributed by atoms with Gasteiger partial charge < -0.3 is 4.74 Å². The number of hydrogen-bond donors (Lipinski definition) is 0. The first-order valence-electron chi connectivity index (χ1n) is 6.10. The van der Waals surface area contributed by atoms with E-state index in [1.54, 1.807) is 0 Å². The van der Waals surface area contributed by atoms with Crippen molar-refractivity contribution in [3.63, 3.8) is 0 Å². The van der Waals surface area contributed by atoms with Crippen molar-refractivity contribution in [1.29, 1.82) is 0 Å². The Labute approximate surface area is 107 Å². The van der Waals surface area contributed by atoms with Crippen LogP contribution < -0.4 is 5.01 Å². The molecule has 0 amide bonds. The number of anilines is 1. The zero-order valence-corrected chi connectivity index (χ0v) is 11.2. The third-order valence-electron chi connectivity index (χ3n) is 3.09. The van der Waals surface area contributed by atoms with E-state index in [9.17, 15) is 4.79 Å². The van der Waals surface area contributed by atoms with E-state index in [-0.39, 0.29) is 11.9 Å². The Morgan fingerprint density at radius 3 is 2.83 bits per heavy atom. The molecule has 4 nitrogen and oxygen atoms in total. The monoisotopic (exact) mass is 246 g/mol. The zero-order valence-electron chi connectivity index (χ0n) is 11.2. The molecule has 18 heavy (non-hydrogen) atoms. The lowest BCUT2D eigenvalue weighted by Crippen LogP contribution is -2.30. The van der Waals surface area contributed by atoms with Crippen LogP contribution in [0.25, 0.3) is 0 Å². The third-order valence-corrected chi connectivity index (χ3v) is 3.09. The van der Waals surface area contributed by atoms with Crippen molar-refractivity contribution < 1.29 is 9.53 Å². The summed E-state index contributed by atoms with van der Waals surface area (Å²) in [6, 6.07) is 6.04. The molecule has 1 heterocycles. The van der Waals surface area contributed by atoms with Crippen molar-refractivity contribution in [2.45, 2.75) is 26.7 Å². The molecule has 1 aliphatic rings. The van der Waals surface area contributed by atoms with E-state index in [2.05, 4.69) is 5.10 Å². The summed E-state index contributed by atoms with van der Waals surface area (Å²) < 4.78 is 5.14. The van der Waals surface area contributed by atoms with Gasteiger partial charge in [-0.1, -0.05) is 12.1 Å². The lowest BCUT2D eigenvalue weighted by molar-refractivity contribution is -0.143. The Hall–Kier alpha value is -1.84. The van der Waals surface area contributed by atoms with Crippen molar-refractivity contribution in [3.05, 3.63) is 29.3 Å². The minimum absolute atomic E-state index is 0.225. The van der Waals surface area contributed by atoms with Crippen LogP contribution in [-0.4, -0.2) is 25.3 Å². The maximum Gasteiger partial charge on any atom is 0.319 e. The number of hydrogen-bond acceptors (Lipinski definition) is 4. The summed E-state index contributed by atoms with van der Waals surface area (Å²) in [7, 11) is 1.89. The molecular weight excluding hydrogens is 228 g/mol. The number of esters is 1. The Morgan fingerprint density at radius 1 is 1.44 bits per heavy atom. The van der Waals surface area contributed by atoms with Crippen LogP contribution in [0.2, 0.25) is 0 Å². The van der Waals surface area contributed by atoms with Gasteiger partial charge >= 0.3 is 5.97 Å². The Bertz CT molecular complexity index is 509. The molecule has 0 spiro atoms. The van der Waals surface area contributed by atoms with Gasteiger partial charge in [-0.05, 0) is 38.0 Å². The van der Waals surface area contributed by atoms with Crippen LogP contribution in [0.3, 0.4) is 0 Å². The molecule has 1 unspecified atom stereocenters. The molecular formula is C14H18N2O2. The smallest absolute Gasteiger partial charge is 0.319 e. The average Bonchev–Trinajstić information content (AvgIpc) is 2.30. The normalized spacial score (nSPS) is 18.1. The fraction of sp³-hybridized carbons (Fsp3) is 0.429. The molecule has 1 aromatic rings. The first-order chi connectivity index (χ1) is 8.54. The van der Waals surface area contributed by atoms with E-state index in [1.807, 2.05) is 51.0 Å². The lowest BCUT2D eigenvalue weighted by Gasteiger charge is -2.29. The number of aryl methyl sites for hydroxylation is 1. The van der Waals surface area contributed by atoms with Gasteiger partial charge in [0.2, 0.25) is 0 Å². The van der Waals surface area contributed by atoms with Gasteiger partial charge in [0.15, 0.2) is 0 Å². The maximum absolute atomic E-state index is 12.0. The van der Waals surface area contributed by atoms with Gasteiger partial charge in [-0.2, -0.15) is 5.10 Å². The predicted octanol–water partition coefficient (Wildman–Crippen LogP) is 2.47. The standard InChI is InChI=1S/C14H18N2O2/c1-5-18-14(17)13-10(3)15-16(4)12-8-9(2)6-7-11(12)13/h6-8,13H,5H2,1-4H3. The molecule has 2 rings (SSSR count). The number of hydrazone groups is 1. The highest BCUT2D eigenvalue weighted by Gasteiger charge is 2.32. The fourth-order valence-corrected chi connectivity index (χ4v) is 2.27. The number of carbonyl (C=O) groups excluding carboxylic acids is 1. The SMILES string of the molecule is CCOC(=O)C1C(C)=NN(C)c2cc(C)ccc21. The maximum atomic E-state index is 12.0. The van der Waals surface area contributed by atoms with E-state index < -0.39 is 0 Å². The molecule has 0 radical (unpaired) electrons. The number of rotatable bonds is 2. The summed E-state index contributed by atoms with van der Waals surface area (Å²) in [6.07, 6.45) is 0. The number of nitrogens with zero attached hydrogens (tertiary/aromatic N) is 2. The number of fused-ring (bicyclic) bond motifs is 1. The van der Waals surface area contributed by atoms with E-state index >= 15 is 0 Å². The third kappa shape index (κ3) is 2.10. The van der Waals surface area contributed by atoms with Crippen molar-refractivity contribution >= 4 is 17.4 Å². The molecule has 0 fully saturated rings. The molecule has 0 saturated carbocycles. The second-order valence-corrected chi connectivity index (χ2v) is 4.51. The van der Waals surface area contributed by atoms with Crippen LogP contribution in [0.15, 0.2) is 23.3 Å². The van der Waals surface area contributed by atoms with Crippen molar-refractivity contribution in [2.75, 3.05) is 18.7 Å². The summed E-state index contributed by atoms with van der Waals surface area (Å²) in [5, 5.41) is 6.21. The Morgan fingerprint density at radius 2 is 2.17 bits per heavy atom. The Balaban J connectivity index is 2.48. The fourth-order valence-electron chi connectivity index (χ4n) is 2.27. The molecule has 0 bridgehead atoms. The number of benzene rings is 1. The van der Waals surface area contributed by atoms with Gasteiger partial charge in [0.05, 0.1) is 18.0 Å². The second-order valence-electron chi connectivity index (χ2n) is 4.51. The first kappa shape index (κ1) is 12.6. The second kappa shape index (κ2) is 4.80. The average molecular weight is 246 g/mol. The van der Waals surface area contributed by atoms with Crippen LogP contribution >= 0.6 is 0 Å². The highest BCUT2D eigenvalue weighted by Crippen LogP contribution is 2.34. The summed E-state index contributed by atoms with van der Waals surface area (Å²) in [4.78, 5) is 12.0. The molecule has 0 aromatic heterocycles. The van der Waals surface area contributed by atoms with Crippen LogP contribution in [0.1, 0.15) is 30.9 Å². The summed E-state index contributed by atoms with van der Waals surface area (Å²) in [6.45, 7) is 6.09. The minimum Gasteiger partial charge on any atom is -0.465 e. The first-order valence-corrected chi connectivity index (χ1v) is 6.10. The van der Waals surface area contributed by atoms with E-state index in [0.29, 0.717) is 6.61 Å². The summed E-state index contributed by atoms with van der Waals surface area (Å²) >= 11 is 0. The lowest BCUT2D eigenvalue weighted by atomic mass is 9.91. The minimum atomic E-state index is -0.378. The van der Waals surface area contributed by atoms with E-state index in [4.69, 9.17) is 4.74 Å². The van der Waals surface area contributed by atoms with Gasteiger partial charge in [-0.3, -0.25) is 9.80 Å². The van der Waals surface area contributed by atoms with Gasteiger partial charge in [0.25, 0.3) is 0 Å². The topological polar surface area (TPSA) is 41.9 Å². The van der Waals surface area contributed by atoms with E-state index in [1.165, 1.54) is 0 Å². The molecule has 0 saturated heterocycles.